The number of hydrogen-bond donors (Lipinski definition) is 3. The molecule has 5 nitrogen and oxygen atoms in total. The van der Waals surface area contributed by atoms with Gasteiger partial charge in [0.25, 0.3) is 0 Å². The lowest BCUT2D eigenvalue weighted by Gasteiger charge is -2.09. The first-order chi connectivity index (χ1) is 9.04. The lowest BCUT2D eigenvalue weighted by molar-refractivity contribution is 0.370. The number of nitrogens with two attached hydrogens (primary N) is 1. The molecule has 0 spiro atoms. The summed E-state index contributed by atoms with van der Waals surface area (Å²) < 4.78 is 5.05. The minimum absolute atomic E-state index is 0. The summed E-state index contributed by atoms with van der Waals surface area (Å²) in [7, 11) is 1.53. The number of ether oxygens (including phenoxy) is 1. The average Bonchev–Trinajstić information content (AvgIpc) is 2.38. The standard InChI is InChI=1S/C14H21N3O2.HI/c1-10(2)9-17-14(15)16-8-7-11-5-4-6-12(19-3)13(11)18;/h4-6,18H,1,7-9H2,2-3H3,(H3,15,16,17);1H. The number of nitrogens with zero attached hydrogens (tertiary/aromatic N) is 1. The molecule has 0 atom stereocenters. The zero-order valence-electron chi connectivity index (χ0n) is 11.8. The molecule has 0 aliphatic rings. The van der Waals surface area contributed by atoms with Gasteiger partial charge < -0.3 is 20.9 Å². The van der Waals surface area contributed by atoms with E-state index in [0.717, 1.165) is 11.1 Å². The van der Waals surface area contributed by atoms with Crippen LogP contribution in [0.25, 0.3) is 0 Å². The van der Waals surface area contributed by atoms with Gasteiger partial charge in [0.2, 0.25) is 0 Å². The fraction of sp³-hybridized carbons (Fsp3) is 0.357. The summed E-state index contributed by atoms with van der Waals surface area (Å²) >= 11 is 0. The molecule has 0 aromatic heterocycles. The number of phenols is 1. The van der Waals surface area contributed by atoms with Crippen molar-refractivity contribution in [2.45, 2.75) is 13.3 Å². The van der Waals surface area contributed by atoms with Crippen molar-refractivity contribution in [2.24, 2.45) is 10.7 Å². The second kappa shape index (κ2) is 9.46. The first kappa shape index (κ1) is 18.6. The van der Waals surface area contributed by atoms with Crippen molar-refractivity contribution >= 4 is 29.9 Å². The number of methoxy groups -OCH3 is 1. The molecule has 6 heteroatoms. The summed E-state index contributed by atoms with van der Waals surface area (Å²) in [5.74, 6) is 1.02. The number of benzene rings is 1. The van der Waals surface area contributed by atoms with E-state index in [1.807, 2.05) is 19.1 Å². The highest BCUT2D eigenvalue weighted by atomic mass is 127. The van der Waals surface area contributed by atoms with Gasteiger partial charge in [0.1, 0.15) is 0 Å². The molecular formula is C14H22IN3O2. The number of phenolic OH excluding ortho intramolecular Hbond substituents is 1. The van der Waals surface area contributed by atoms with Crippen molar-refractivity contribution < 1.29 is 9.84 Å². The van der Waals surface area contributed by atoms with Crippen LogP contribution in [0.15, 0.2) is 35.3 Å². The van der Waals surface area contributed by atoms with Crippen molar-refractivity contribution in [3.8, 4) is 11.5 Å². The number of para-hydroxylation sites is 1. The monoisotopic (exact) mass is 391 g/mol. The van der Waals surface area contributed by atoms with Crippen LogP contribution in [0, 0.1) is 0 Å². The maximum Gasteiger partial charge on any atom is 0.188 e. The molecule has 0 heterocycles. The molecular weight excluding hydrogens is 369 g/mol. The molecule has 0 aliphatic heterocycles. The highest BCUT2D eigenvalue weighted by molar-refractivity contribution is 14.0. The van der Waals surface area contributed by atoms with Crippen LogP contribution in [0.1, 0.15) is 12.5 Å². The fourth-order valence-corrected chi connectivity index (χ4v) is 1.54. The quantitative estimate of drug-likeness (QED) is 0.300. The Balaban J connectivity index is 0.00000361. The number of rotatable bonds is 6. The molecule has 0 aliphatic carbocycles. The number of hydrogen-bond acceptors (Lipinski definition) is 3. The molecule has 0 unspecified atom stereocenters. The van der Waals surface area contributed by atoms with Gasteiger partial charge in [-0.05, 0) is 25.0 Å². The van der Waals surface area contributed by atoms with Crippen LogP contribution in [0.3, 0.4) is 0 Å². The summed E-state index contributed by atoms with van der Waals surface area (Å²) in [5, 5.41) is 12.9. The van der Waals surface area contributed by atoms with Crippen LogP contribution < -0.4 is 15.8 Å². The highest BCUT2D eigenvalue weighted by Crippen LogP contribution is 2.29. The largest absolute Gasteiger partial charge is 0.504 e. The zero-order valence-corrected chi connectivity index (χ0v) is 14.2. The molecule has 0 amide bonds. The van der Waals surface area contributed by atoms with E-state index in [1.54, 1.807) is 6.07 Å². The molecule has 0 radical (unpaired) electrons. The van der Waals surface area contributed by atoms with E-state index in [-0.39, 0.29) is 29.7 Å². The van der Waals surface area contributed by atoms with E-state index in [4.69, 9.17) is 10.5 Å². The van der Waals surface area contributed by atoms with Crippen molar-refractivity contribution in [3.63, 3.8) is 0 Å². The third-order valence-electron chi connectivity index (χ3n) is 2.52. The Morgan fingerprint density at radius 2 is 2.20 bits per heavy atom. The van der Waals surface area contributed by atoms with Crippen LogP contribution >= 0.6 is 24.0 Å². The van der Waals surface area contributed by atoms with E-state index in [0.29, 0.717) is 31.2 Å². The Morgan fingerprint density at radius 3 is 2.80 bits per heavy atom. The maximum atomic E-state index is 9.90. The van der Waals surface area contributed by atoms with Gasteiger partial charge in [0.05, 0.1) is 13.7 Å². The zero-order chi connectivity index (χ0) is 14.3. The van der Waals surface area contributed by atoms with Crippen LogP contribution in [0.5, 0.6) is 11.5 Å². The number of aliphatic imine (C=N–C) groups is 1. The third-order valence-corrected chi connectivity index (χ3v) is 2.52. The Morgan fingerprint density at radius 1 is 1.50 bits per heavy atom. The lowest BCUT2D eigenvalue weighted by atomic mass is 10.1. The van der Waals surface area contributed by atoms with Crippen molar-refractivity contribution in [2.75, 3.05) is 20.2 Å². The third kappa shape index (κ3) is 6.14. The summed E-state index contributed by atoms with van der Waals surface area (Å²) in [5.41, 5.74) is 7.45. The van der Waals surface area contributed by atoms with Crippen LogP contribution in [-0.2, 0) is 6.42 Å². The molecule has 112 valence electrons. The van der Waals surface area contributed by atoms with E-state index in [9.17, 15) is 5.11 Å². The predicted molar refractivity (Wildman–Crippen MR) is 93.1 cm³/mol. The lowest BCUT2D eigenvalue weighted by Crippen LogP contribution is -2.33. The fourth-order valence-electron chi connectivity index (χ4n) is 1.54. The predicted octanol–water partition coefficient (Wildman–Crippen LogP) is 2.04. The van der Waals surface area contributed by atoms with Crippen molar-refractivity contribution in [1.82, 2.24) is 5.32 Å². The minimum Gasteiger partial charge on any atom is -0.504 e. The Bertz CT molecular complexity index is 475. The minimum atomic E-state index is 0. The second-order valence-corrected chi connectivity index (χ2v) is 4.30. The van der Waals surface area contributed by atoms with Gasteiger partial charge in [0.15, 0.2) is 17.5 Å². The van der Waals surface area contributed by atoms with Gasteiger partial charge in [-0.25, -0.2) is 4.99 Å². The van der Waals surface area contributed by atoms with E-state index in [1.165, 1.54) is 7.11 Å². The van der Waals surface area contributed by atoms with Crippen LogP contribution in [0.2, 0.25) is 0 Å². The van der Waals surface area contributed by atoms with Gasteiger partial charge in [-0.3, -0.25) is 0 Å². The SMILES string of the molecule is C=C(C)CN=C(N)NCCc1cccc(OC)c1O.I. The van der Waals surface area contributed by atoms with Crippen molar-refractivity contribution in [3.05, 3.63) is 35.9 Å². The molecule has 20 heavy (non-hydrogen) atoms. The van der Waals surface area contributed by atoms with Crippen LogP contribution in [-0.4, -0.2) is 31.3 Å². The summed E-state index contributed by atoms with van der Waals surface area (Å²) in [6.45, 7) is 6.75. The van der Waals surface area contributed by atoms with E-state index >= 15 is 0 Å². The molecule has 0 saturated heterocycles. The Labute approximate surface area is 136 Å². The summed E-state index contributed by atoms with van der Waals surface area (Å²) in [6.07, 6.45) is 0.631. The van der Waals surface area contributed by atoms with E-state index < -0.39 is 0 Å². The summed E-state index contributed by atoms with van der Waals surface area (Å²) in [4.78, 5) is 4.11. The normalized spacial score (nSPS) is 10.6. The topological polar surface area (TPSA) is 79.9 Å². The second-order valence-electron chi connectivity index (χ2n) is 4.30. The highest BCUT2D eigenvalue weighted by Gasteiger charge is 2.06. The van der Waals surface area contributed by atoms with Gasteiger partial charge in [-0.2, -0.15) is 0 Å². The molecule has 0 saturated carbocycles. The van der Waals surface area contributed by atoms with Crippen LogP contribution in [0.4, 0.5) is 0 Å². The number of aromatic hydroxyl groups is 1. The number of guanidine groups is 1. The molecule has 4 N–H and O–H groups in total. The Kier molecular flexibility index (Phi) is 8.78. The van der Waals surface area contributed by atoms with Gasteiger partial charge in [-0.1, -0.05) is 24.3 Å². The molecule has 1 aromatic carbocycles. The van der Waals surface area contributed by atoms with Crippen molar-refractivity contribution in [1.29, 1.82) is 0 Å². The van der Waals surface area contributed by atoms with Gasteiger partial charge in [-0.15, -0.1) is 24.0 Å². The first-order valence-corrected chi connectivity index (χ1v) is 6.07. The average molecular weight is 391 g/mol. The Hall–Kier alpha value is -1.44. The number of nitrogens with one attached hydrogen (secondary N) is 1. The number of halogens is 1. The van der Waals surface area contributed by atoms with E-state index in [2.05, 4.69) is 16.9 Å². The molecule has 0 fully saturated rings. The molecule has 1 aromatic rings. The first-order valence-electron chi connectivity index (χ1n) is 6.07. The smallest absolute Gasteiger partial charge is 0.188 e. The van der Waals surface area contributed by atoms with Gasteiger partial charge in [0, 0.05) is 6.54 Å². The molecule has 0 bridgehead atoms. The molecule has 1 rings (SSSR count). The summed E-state index contributed by atoms with van der Waals surface area (Å²) in [6, 6.07) is 5.40. The maximum absolute atomic E-state index is 9.90. The van der Waals surface area contributed by atoms with Gasteiger partial charge >= 0.3 is 0 Å².